The third-order valence-electron chi connectivity index (χ3n) is 7.07. The average molecular weight is 483 g/mol. The van der Waals surface area contributed by atoms with Gasteiger partial charge < -0.3 is 31.1 Å². The fourth-order valence-electron chi connectivity index (χ4n) is 5.09. The summed E-state index contributed by atoms with van der Waals surface area (Å²) < 4.78 is 7.13. The number of nitrogens with one attached hydrogen (secondary N) is 1. The number of anilines is 1. The van der Waals surface area contributed by atoms with E-state index in [9.17, 15) is 20.1 Å². The maximum absolute atomic E-state index is 12.3. The molecule has 35 heavy (non-hydrogen) atoms. The second kappa shape index (κ2) is 9.15. The standard InChI is InChI=1S/C24H30N6O5/c1-2-26-21(33)18-16(31)17(32)22(35-18)30-12-27-15-19(25)28-23(29-20(15)30)24(34)10-8-14(9-11-24)13-6-4-3-5-7-13/h3-7,12,14,16-18,22,31-32,34H,2,8-11H2,1H3,(H,26,33)(H2,25,28,29)/t14?,16?,17?,18-,22+,24?/m0/s1. The van der Waals surface area contributed by atoms with Crippen LogP contribution in [0.3, 0.4) is 0 Å². The molecule has 6 N–H and O–H groups in total. The Hall–Kier alpha value is -3.12. The Balaban J connectivity index is 1.43. The van der Waals surface area contributed by atoms with Crippen LogP contribution in [0.25, 0.3) is 11.2 Å². The van der Waals surface area contributed by atoms with E-state index in [1.165, 1.54) is 16.5 Å². The second-order valence-electron chi connectivity index (χ2n) is 9.30. The zero-order valence-corrected chi connectivity index (χ0v) is 19.4. The lowest BCUT2D eigenvalue weighted by Gasteiger charge is -2.35. The number of amides is 1. The van der Waals surface area contributed by atoms with Gasteiger partial charge in [0.1, 0.15) is 23.3 Å². The third-order valence-corrected chi connectivity index (χ3v) is 7.07. The van der Waals surface area contributed by atoms with Crippen molar-refractivity contribution in [2.75, 3.05) is 12.3 Å². The molecule has 186 valence electrons. The highest BCUT2D eigenvalue weighted by Gasteiger charge is 2.48. The monoisotopic (exact) mass is 482 g/mol. The van der Waals surface area contributed by atoms with Gasteiger partial charge in [-0.1, -0.05) is 30.3 Å². The molecule has 3 aromatic rings. The number of nitrogen functional groups attached to an aromatic ring is 1. The number of aromatic nitrogens is 4. The van der Waals surface area contributed by atoms with Crippen molar-refractivity contribution in [3.05, 3.63) is 48.0 Å². The number of aliphatic hydroxyl groups is 3. The van der Waals surface area contributed by atoms with Crippen LogP contribution in [0.2, 0.25) is 0 Å². The number of likely N-dealkylation sites (N-methyl/N-ethyl adjacent to an activating group) is 1. The highest BCUT2D eigenvalue weighted by atomic mass is 16.6. The first-order valence-electron chi connectivity index (χ1n) is 11.9. The van der Waals surface area contributed by atoms with E-state index in [-0.39, 0.29) is 22.8 Å². The largest absolute Gasteiger partial charge is 0.387 e. The normalized spacial score (nSPS) is 31.0. The number of aliphatic hydroxyl groups excluding tert-OH is 2. The van der Waals surface area contributed by atoms with Gasteiger partial charge >= 0.3 is 0 Å². The van der Waals surface area contributed by atoms with E-state index in [2.05, 4.69) is 32.4 Å². The summed E-state index contributed by atoms with van der Waals surface area (Å²) in [6.45, 7) is 2.10. The first kappa shape index (κ1) is 23.6. The Morgan fingerprint density at radius 3 is 2.60 bits per heavy atom. The summed E-state index contributed by atoms with van der Waals surface area (Å²) in [4.78, 5) is 25.4. The predicted octanol–water partition coefficient (Wildman–Crippen LogP) is 0.709. The molecule has 5 rings (SSSR count). The van der Waals surface area contributed by atoms with Gasteiger partial charge in [-0.3, -0.25) is 9.36 Å². The van der Waals surface area contributed by atoms with Crippen LogP contribution >= 0.6 is 0 Å². The van der Waals surface area contributed by atoms with Gasteiger partial charge in [0.15, 0.2) is 29.6 Å². The lowest BCUT2D eigenvalue weighted by atomic mass is 9.75. The number of carbonyl (C=O) groups is 1. The van der Waals surface area contributed by atoms with E-state index in [1.54, 1.807) is 6.92 Å². The molecule has 4 atom stereocenters. The van der Waals surface area contributed by atoms with Gasteiger partial charge in [0.2, 0.25) is 0 Å². The van der Waals surface area contributed by atoms with E-state index >= 15 is 0 Å². The van der Waals surface area contributed by atoms with Crippen molar-refractivity contribution in [2.24, 2.45) is 0 Å². The topological polar surface area (TPSA) is 169 Å². The minimum atomic E-state index is -1.43. The summed E-state index contributed by atoms with van der Waals surface area (Å²) in [6, 6.07) is 10.2. The molecule has 1 aliphatic carbocycles. The van der Waals surface area contributed by atoms with Crippen LogP contribution in [-0.2, 0) is 15.1 Å². The molecule has 1 aromatic carbocycles. The van der Waals surface area contributed by atoms with E-state index in [4.69, 9.17) is 10.5 Å². The summed E-state index contributed by atoms with van der Waals surface area (Å²) in [5, 5.41) is 35.1. The zero-order valence-electron chi connectivity index (χ0n) is 19.4. The second-order valence-corrected chi connectivity index (χ2v) is 9.30. The van der Waals surface area contributed by atoms with Crippen LogP contribution in [0.1, 0.15) is 56.1 Å². The molecule has 1 saturated heterocycles. The number of benzene rings is 1. The molecule has 2 fully saturated rings. The number of rotatable bonds is 5. The molecule has 0 spiro atoms. The molecule has 11 nitrogen and oxygen atoms in total. The van der Waals surface area contributed by atoms with Gasteiger partial charge in [-0.2, -0.15) is 0 Å². The van der Waals surface area contributed by atoms with Crippen molar-refractivity contribution < 1.29 is 24.9 Å². The molecule has 2 aromatic heterocycles. The SMILES string of the molecule is CCNC(=O)[C@H]1O[C@@H](n2cnc3c(N)nc(C4(O)CCC(c5ccccc5)CC4)nc32)C(O)C1O. The number of imidazole rings is 1. The first-order valence-corrected chi connectivity index (χ1v) is 11.9. The molecule has 3 heterocycles. The number of hydrogen-bond donors (Lipinski definition) is 5. The van der Waals surface area contributed by atoms with Gasteiger partial charge in [-0.05, 0) is 44.1 Å². The van der Waals surface area contributed by atoms with E-state index < -0.39 is 36.0 Å². The summed E-state index contributed by atoms with van der Waals surface area (Å²) in [7, 11) is 0. The van der Waals surface area contributed by atoms with Crippen molar-refractivity contribution in [1.82, 2.24) is 24.8 Å². The van der Waals surface area contributed by atoms with Crippen molar-refractivity contribution in [1.29, 1.82) is 0 Å². The smallest absolute Gasteiger partial charge is 0.252 e. The lowest BCUT2D eigenvalue weighted by molar-refractivity contribution is -0.137. The van der Waals surface area contributed by atoms with Gasteiger partial charge in [0.25, 0.3) is 5.91 Å². The maximum Gasteiger partial charge on any atom is 0.252 e. The van der Waals surface area contributed by atoms with Crippen molar-refractivity contribution >= 4 is 22.9 Å². The van der Waals surface area contributed by atoms with Crippen molar-refractivity contribution in [3.63, 3.8) is 0 Å². The number of nitrogens with two attached hydrogens (primary N) is 1. The Bertz CT molecular complexity index is 1210. The highest BCUT2D eigenvalue weighted by Crippen LogP contribution is 2.43. The third kappa shape index (κ3) is 4.14. The Morgan fingerprint density at radius 1 is 1.20 bits per heavy atom. The van der Waals surface area contributed by atoms with E-state index in [0.29, 0.717) is 25.3 Å². The fourth-order valence-corrected chi connectivity index (χ4v) is 5.09. The average Bonchev–Trinajstić information content (AvgIpc) is 3.41. The molecular weight excluding hydrogens is 452 g/mol. The lowest BCUT2D eigenvalue weighted by Crippen LogP contribution is -2.42. The Morgan fingerprint density at radius 2 is 1.91 bits per heavy atom. The van der Waals surface area contributed by atoms with Gasteiger partial charge in [-0.15, -0.1) is 0 Å². The van der Waals surface area contributed by atoms with Crippen LogP contribution < -0.4 is 11.1 Å². The van der Waals surface area contributed by atoms with E-state index in [1.807, 2.05) is 18.2 Å². The predicted molar refractivity (Wildman–Crippen MR) is 126 cm³/mol. The van der Waals surface area contributed by atoms with Crippen molar-refractivity contribution in [2.45, 2.75) is 68.7 Å². The number of hydrogen-bond acceptors (Lipinski definition) is 9. The van der Waals surface area contributed by atoms with Crippen LogP contribution in [-0.4, -0.2) is 65.6 Å². The molecular formula is C24H30N6O5. The minimum absolute atomic E-state index is 0.0932. The van der Waals surface area contributed by atoms with Gasteiger partial charge in [-0.25, -0.2) is 15.0 Å². The zero-order chi connectivity index (χ0) is 24.7. The number of carbonyl (C=O) groups excluding carboxylic acids is 1. The van der Waals surface area contributed by atoms with Crippen LogP contribution in [0, 0.1) is 0 Å². The first-order chi connectivity index (χ1) is 16.8. The summed E-state index contributed by atoms with van der Waals surface area (Å²) in [5.74, 6) is 0.0998. The molecule has 0 radical (unpaired) electrons. The number of nitrogens with zero attached hydrogens (tertiary/aromatic N) is 4. The quantitative estimate of drug-likeness (QED) is 0.351. The van der Waals surface area contributed by atoms with Crippen molar-refractivity contribution in [3.8, 4) is 0 Å². The molecule has 0 bridgehead atoms. The summed E-state index contributed by atoms with van der Waals surface area (Å²) in [5.41, 5.74) is 6.69. The molecule has 2 unspecified atom stereocenters. The number of ether oxygens (including phenoxy) is 1. The van der Waals surface area contributed by atoms with Gasteiger partial charge in [0.05, 0.1) is 6.33 Å². The molecule has 1 saturated carbocycles. The van der Waals surface area contributed by atoms with E-state index in [0.717, 1.165) is 12.8 Å². The van der Waals surface area contributed by atoms with Crippen LogP contribution in [0.15, 0.2) is 36.7 Å². The molecule has 1 amide bonds. The summed E-state index contributed by atoms with van der Waals surface area (Å²) >= 11 is 0. The maximum atomic E-state index is 12.3. The minimum Gasteiger partial charge on any atom is -0.387 e. The molecule has 2 aliphatic rings. The fraction of sp³-hybridized carbons (Fsp3) is 0.500. The number of fused-ring (bicyclic) bond motifs is 1. The highest BCUT2D eigenvalue weighted by molar-refractivity contribution is 5.83. The van der Waals surface area contributed by atoms with Crippen LogP contribution in [0.5, 0.6) is 0 Å². The Kier molecular flexibility index (Phi) is 6.18. The molecule has 1 aliphatic heterocycles. The van der Waals surface area contributed by atoms with Gasteiger partial charge in [0, 0.05) is 6.54 Å². The molecule has 11 heteroatoms. The summed E-state index contributed by atoms with van der Waals surface area (Å²) in [6.07, 6.45) is -1.35. The Labute approximate surface area is 202 Å². The van der Waals surface area contributed by atoms with Crippen LogP contribution in [0.4, 0.5) is 5.82 Å².